The first kappa shape index (κ1) is 15.3. The van der Waals surface area contributed by atoms with Crippen LogP contribution in [-0.4, -0.2) is 34.5 Å². The zero-order valence-corrected chi connectivity index (χ0v) is 11.6. The minimum absolute atomic E-state index is 0.0497. The number of nitrogens with two attached hydrogens (primary N) is 1. The summed E-state index contributed by atoms with van der Waals surface area (Å²) < 4.78 is 31.1. The van der Waals surface area contributed by atoms with Gasteiger partial charge in [0.25, 0.3) is 0 Å². The van der Waals surface area contributed by atoms with Crippen LogP contribution >= 0.6 is 0 Å². The number of rotatable bonds is 6. The zero-order chi connectivity index (χ0) is 14.5. The summed E-state index contributed by atoms with van der Waals surface area (Å²) in [6, 6.07) is 4.20. The molecule has 8 heteroatoms. The Labute approximate surface area is 112 Å². The molecular weight excluding hydrogens is 270 g/mol. The number of methoxy groups -OCH3 is 1. The van der Waals surface area contributed by atoms with Crippen molar-refractivity contribution in [1.29, 1.82) is 0 Å². The third-order valence-electron chi connectivity index (χ3n) is 2.30. The van der Waals surface area contributed by atoms with Gasteiger partial charge in [-0.2, -0.15) is 0 Å². The molecule has 0 aromatic heterocycles. The van der Waals surface area contributed by atoms with Crippen molar-refractivity contribution in [3.8, 4) is 5.75 Å². The molecule has 19 heavy (non-hydrogen) atoms. The number of carbonyl (C=O) groups excluding carboxylic acids is 1. The SMILES string of the molecule is COc1ccc(S(=O)(=O)NCCNC(C)=O)cc1N. The topological polar surface area (TPSA) is 111 Å². The Morgan fingerprint density at radius 2 is 2.05 bits per heavy atom. The second-order valence-electron chi connectivity index (χ2n) is 3.78. The van der Waals surface area contributed by atoms with Gasteiger partial charge in [0.15, 0.2) is 0 Å². The Morgan fingerprint density at radius 3 is 2.58 bits per heavy atom. The molecule has 0 fully saturated rings. The van der Waals surface area contributed by atoms with Crippen LogP contribution in [0.1, 0.15) is 6.92 Å². The molecule has 7 nitrogen and oxygen atoms in total. The zero-order valence-electron chi connectivity index (χ0n) is 10.8. The van der Waals surface area contributed by atoms with E-state index in [4.69, 9.17) is 10.5 Å². The van der Waals surface area contributed by atoms with Gasteiger partial charge >= 0.3 is 0 Å². The molecule has 0 radical (unpaired) electrons. The molecule has 0 saturated heterocycles. The molecule has 4 N–H and O–H groups in total. The van der Waals surface area contributed by atoms with E-state index in [2.05, 4.69) is 10.0 Å². The van der Waals surface area contributed by atoms with Gasteiger partial charge in [0, 0.05) is 20.0 Å². The lowest BCUT2D eigenvalue weighted by Crippen LogP contribution is -2.33. The van der Waals surface area contributed by atoms with Gasteiger partial charge in [-0.05, 0) is 18.2 Å². The van der Waals surface area contributed by atoms with Crippen LogP contribution in [0.5, 0.6) is 5.75 Å². The number of hydrogen-bond donors (Lipinski definition) is 3. The van der Waals surface area contributed by atoms with Gasteiger partial charge in [0.05, 0.1) is 17.7 Å². The molecule has 1 aromatic carbocycles. The predicted octanol–water partition coefficient (Wildman–Crippen LogP) is -0.308. The number of anilines is 1. The Bertz CT molecular complexity index is 557. The summed E-state index contributed by atoms with van der Waals surface area (Å²) in [6.45, 7) is 1.69. The van der Waals surface area contributed by atoms with Crippen LogP contribution in [0.25, 0.3) is 0 Å². The average Bonchev–Trinajstić information content (AvgIpc) is 2.34. The minimum atomic E-state index is -3.64. The highest BCUT2D eigenvalue weighted by atomic mass is 32.2. The van der Waals surface area contributed by atoms with Crippen molar-refractivity contribution in [2.45, 2.75) is 11.8 Å². The number of amides is 1. The second kappa shape index (κ2) is 6.39. The van der Waals surface area contributed by atoms with Crippen molar-refractivity contribution in [1.82, 2.24) is 10.0 Å². The third-order valence-corrected chi connectivity index (χ3v) is 3.76. The highest BCUT2D eigenvalue weighted by Gasteiger charge is 2.14. The molecule has 0 spiro atoms. The van der Waals surface area contributed by atoms with Crippen LogP contribution in [0.4, 0.5) is 5.69 Å². The number of sulfonamides is 1. The molecule has 1 rings (SSSR count). The third kappa shape index (κ3) is 4.42. The molecule has 0 unspecified atom stereocenters. The molecule has 1 amide bonds. The van der Waals surface area contributed by atoms with Crippen molar-refractivity contribution >= 4 is 21.6 Å². The molecule has 0 heterocycles. The van der Waals surface area contributed by atoms with Gasteiger partial charge in [0.1, 0.15) is 5.75 Å². The van der Waals surface area contributed by atoms with Gasteiger partial charge in [-0.3, -0.25) is 4.79 Å². The summed E-state index contributed by atoms with van der Waals surface area (Å²) in [5.74, 6) is 0.199. The highest BCUT2D eigenvalue weighted by molar-refractivity contribution is 7.89. The van der Waals surface area contributed by atoms with E-state index in [0.29, 0.717) is 5.75 Å². The van der Waals surface area contributed by atoms with Crippen molar-refractivity contribution in [2.24, 2.45) is 0 Å². The molecule has 0 aliphatic rings. The maximum Gasteiger partial charge on any atom is 0.240 e. The average molecular weight is 287 g/mol. The monoisotopic (exact) mass is 287 g/mol. The largest absolute Gasteiger partial charge is 0.495 e. The first-order valence-corrected chi connectivity index (χ1v) is 7.03. The molecular formula is C11H17N3O4S. The van der Waals surface area contributed by atoms with Crippen molar-refractivity contribution in [2.75, 3.05) is 25.9 Å². The molecule has 0 atom stereocenters. The van der Waals surface area contributed by atoms with E-state index in [-0.39, 0.29) is 29.6 Å². The van der Waals surface area contributed by atoms with E-state index in [0.717, 1.165) is 0 Å². The Balaban J connectivity index is 2.72. The van der Waals surface area contributed by atoms with Crippen molar-refractivity contribution < 1.29 is 17.9 Å². The van der Waals surface area contributed by atoms with E-state index in [1.165, 1.54) is 32.2 Å². The standard InChI is InChI=1S/C11H17N3O4S/c1-8(15)13-5-6-14-19(16,17)9-3-4-11(18-2)10(12)7-9/h3-4,7,14H,5-6,12H2,1-2H3,(H,13,15). The number of benzene rings is 1. The summed E-state index contributed by atoms with van der Waals surface area (Å²) in [6.07, 6.45) is 0. The number of ether oxygens (including phenoxy) is 1. The van der Waals surface area contributed by atoms with Gasteiger partial charge in [-0.1, -0.05) is 0 Å². The number of carbonyl (C=O) groups is 1. The van der Waals surface area contributed by atoms with Crippen molar-refractivity contribution in [3.05, 3.63) is 18.2 Å². The Kier molecular flexibility index (Phi) is 5.13. The fraction of sp³-hybridized carbons (Fsp3) is 0.364. The molecule has 0 saturated carbocycles. The Hall–Kier alpha value is -1.80. The maximum atomic E-state index is 11.9. The summed E-state index contributed by atoms with van der Waals surface area (Å²) in [4.78, 5) is 10.7. The van der Waals surface area contributed by atoms with Gasteiger partial charge < -0.3 is 15.8 Å². The highest BCUT2D eigenvalue weighted by Crippen LogP contribution is 2.23. The van der Waals surface area contributed by atoms with E-state index in [1.54, 1.807) is 0 Å². The summed E-state index contributed by atoms with van der Waals surface area (Å²) in [7, 11) is -2.19. The van der Waals surface area contributed by atoms with Crippen LogP contribution < -0.4 is 20.5 Å². The quantitative estimate of drug-likeness (QED) is 0.491. The number of nitrogen functional groups attached to an aromatic ring is 1. The minimum Gasteiger partial charge on any atom is -0.495 e. The lowest BCUT2D eigenvalue weighted by atomic mass is 10.3. The molecule has 0 aliphatic carbocycles. The van der Waals surface area contributed by atoms with Crippen LogP contribution in [0, 0.1) is 0 Å². The van der Waals surface area contributed by atoms with Crippen LogP contribution in [0.3, 0.4) is 0 Å². The summed E-state index contributed by atoms with van der Waals surface area (Å²) in [5, 5.41) is 2.49. The first-order chi connectivity index (χ1) is 8.86. The predicted molar refractivity (Wildman–Crippen MR) is 71.3 cm³/mol. The van der Waals surface area contributed by atoms with E-state index >= 15 is 0 Å². The van der Waals surface area contributed by atoms with Crippen LogP contribution in [-0.2, 0) is 14.8 Å². The maximum absolute atomic E-state index is 11.9. The lowest BCUT2D eigenvalue weighted by molar-refractivity contribution is -0.118. The van der Waals surface area contributed by atoms with E-state index < -0.39 is 10.0 Å². The Morgan fingerprint density at radius 1 is 1.37 bits per heavy atom. The fourth-order valence-electron chi connectivity index (χ4n) is 1.39. The molecule has 0 bridgehead atoms. The van der Waals surface area contributed by atoms with Gasteiger partial charge in [-0.15, -0.1) is 0 Å². The van der Waals surface area contributed by atoms with E-state index in [1.807, 2.05) is 0 Å². The number of nitrogens with one attached hydrogen (secondary N) is 2. The molecule has 106 valence electrons. The van der Waals surface area contributed by atoms with Crippen LogP contribution in [0.2, 0.25) is 0 Å². The normalized spacial score (nSPS) is 11.1. The number of hydrogen-bond acceptors (Lipinski definition) is 5. The smallest absolute Gasteiger partial charge is 0.240 e. The second-order valence-corrected chi connectivity index (χ2v) is 5.55. The molecule has 0 aliphatic heterocycles. The van der Waals surface area contributed by atoms with Gasteiger partial charge in [0.2, 0.25) is 15.9 Å². The van der Waals surface area contributed by atoms with Crippen molar-refractivity contribution in [3.63, 3.8) is 0 Å². The van der Waals surface area contributed by atoms with Gasteiger partial charge in [-0.25, -0.2) is 13.1 Å². The lowest BCUT2D eigenvalue weighted by Gasteiger charge is -2.09. The summed E-state index contributed by atoms with van der Waals surface area (Å²) >= 11 is 0. The van der Waals surface area contributed by atoms with Crippen LogP contribution in [0.15, 0.2) is 23.1 Å². The summed E-state index contributed by atoms with van der Waals surface area (Å²) in [5.41, 5.74) is 5.89. The fourth-order valence-corrected chi connectivity index (χ4v) is 2.45. The van der Waals surface area contributed by atoms with E-state index in [9.17, 15) is 13.2 Å². The molecule has 1 aromatic rings. The first-order valence-electron chi connectivity index (χ1n) is 5.54.